The topological polar surface area (TPSA) is 93.4 Å². The van der Waals surface area contributed by atoms with Crippen molar-refractivity contribution in [3.8, 4) is 5.75 Å². The van der Waals surface area contributed by atoms with Crippen molar-refractivity contribution < 1.29 is 14.7 Å². The number of hydrogen-bond donors (Lipinski definition) is 4. The lowest BCUT2D eigenvalue weighted by Crippen LogP contribution is -2.29. The summed E-state index contributed by atoms with van der Waals surface area (Å²) < 4.78 is 5.38. The molecule has 4 aromatic rings. The van der Waals surface area contributed by atoms with E-state index in [9.17, 15) is 4.79 Å². The van der Waals surface area contributed by atoms with Gasteiger partial charge in [-0.15, -0.1) is 0 Å². The van der Waals surface area contributed by atoms with Crippen LogP contribution in [0.2, 0.25) is 0 Å². The van der Waals surface area contributed by atoms with Crippen molar-refractivity contribution in [2.45, 2.75) is 45.7 Å². The number of ether oxygens (including phenoxy) is 1. The molecular weight excluding hydrogens is 464 g/mol. The van der Waals surface area contributed by atoms with Crippen LogP contribution in [0.1, 0.15) is 51.7 Å². The lowest BCUT2D eigenvalue weighted by Gasteiger charge is -2.30. The highest BCUT2D eigenvalue weighted by atomic mass is 16.5. The largest absolute Gasteiger partial charge is 0.497 e. The van der Waals surface area contributed by atoms with Gasteiger partial charge in [-0.25, -0.2) is 5.48 Å². The maximum atomic E-state index is 11.4. The quantitative estimate of drug-likeness (QED) is 0.142. The second kappa shape index (κ2) is 10.7. The summed E-state index contributed by atoms with van der Waals surface area (Å²) in [5.41, 5.74) is 11.4. The predicted molar refractivity (Wildman–Crippen MR) is 146 cm³/mol. The Morgan fingerprint density at radius 3 is 2.81 bits per heavy atom. The van der Waals surface area contributed by atoms with Crippen LogP contribution in [-0.4, -0.2) is 39.6 Å². The number of H-pyrrole nitrogens is 2. The summed E-state index contributed by atoms with van der Waals surface area (Å²) in [5.74, 6) is 0.326. The first-order valence-electron chi connectivity index (χ1n) is 12.7. The Bertz CT molecular complexity index is 1450. The molecule has 0 aliphatic heterocycles. The lowest BCUT2D eigenvalue weighted by atomic mass is 10.0. The van der Waals surface area contributed by atoms with Crippen LogP contribution in [-0.2, 0) is 24.2 Å². The van der Waals surface area contributed by atoms with Crippen molar-refractivity contribution in [2.75, 3.05) is 13.7 Å². The Kier molecular flexibility index (Phi) is 7.17. The smallest absolute Gasteiger partial charge is 0.267 e. The Morgan fingerprint density at radius 2 is 2.05 bits per heavy atom. The molecule has 0 bridgehead atoms. The first kappa shape index (κ1) is 24.9. The lowest BCUT2D eigenvalue weighted by molar-refractivity contribution is -0.124. The highest BCUT2D eigenvalue weighted by molar-refractivity contribution is 5.90. The molecule has 192 valence electrons. The van der Waals surface area contributed by atoms with E-state index in [1.807, 2.05) is 12.1 Å². The number of aromatic nitrogens is 2. The maximum Gasteiger partial charge on any atom is 0.267 e. The van der Waals surface area contributed by atoms with Crippen molar-refractivity contribution in [2.24, 2.45) is 0 Å². The van der Waals surface area contributed by atoms with E-state index in [0.717, 1.165) is 49.2 Å². The number of nitrogens with zero attached hydrogens (tertiary/aromatic N) is 1. The Labute approximate surface area is 217 Å². The minimum Gasteiger partial charge on any atom is -0.497 e. The Balaban J connectivity index is 1.40. The number of methoxy groups -OCH3 is 1. The third-order valence-electron chi connectivity index (χ3n) is 7.46. The molecule has 1 unspecified atom stereocenters. The third kappa shape index (κ3) is 5.33. The summed E-state index contributed by atoms with van der Waals surface area (Å²) in [6, 6.07) is 15.2. The zero-order valence-electron chi connectivity index (χ0n) is 21.6. The van der Waals surface area contributed by atoms with Crippen LogP contribution in [0.15, 0.2) is 54.7 Å². The summed E-state index contributed by atoms with van der Waals surface area (Å²) >= 11 is 0. The molecule has 5 rings (SSSR count). The van der Waals surface area contributed by atoms with Gasteiger partial charge in [0.05, 0.1) is 7.11 Å². The van der Waals surface area contributed by atoms with E-state index in [-0.39, 0.29) is 0 Å². The molecule has 1 atom stereocenters. The molecule has 1 amide bonds. The third-order valence-corrected chi connectivity index (χ3v) is 7.46. The number of hydrogen-bond acceptors (Lipinski definition) is 4. The van der Waals surface area contributed by atoms with Crippen molar-refractivity contribution in [3.63, 3.8) is 0 Å². The number of benzene rings is 2. The van der Waals surface area contributed by atoms with Crippen LogP contribution in [0.25, 0.3) is 17.0 Å². The van der Waals surface area contributed by atoms with Crippen molar-refractivity contribution in [3.05, 3.63) is 93.9 Å². The van der Waals surface area contributed by atoms with E-state index in [4.69, 9.17) is 9.94 Å². The number of fused-ring (bicyclic) bond motifs is 2. The minimum atomic E-state index is -0.530. The highest BCUT2D eigenvalue weighted by Crippen LogP contribution is 2.38. The molecule has 0 saturated carbocycles. The van der Waals surface area contributed by atoms with Crippen molar-refractivity contribution in [1.29, 1.82) is 0 Å². The van der Waals surface area contributed by atoms with Gasteiger partial charge in [0.25, 0.3) is 5.91 Å². The predicted octanol–water partition coefficient (Wildman–Crippen LogP) is 5.37. The van der Waals surface area contributed by atoms with Gasteiger partial charge in [-0.05, 0) is 85.2 Å². The molecule has 2 heterocycles. The van der Waals surface area contributed by atoms with Gasteiger partial charge in [-0.2, -0.15) is 0 Å². The molecule has 1 aliphatic rings. The van der Waals surface area contributed by atoms with Crippen LogP contribution in [0.4, 0.5) is 0 Å². The highest BCUT2D eigenvalue weighted by Gasteiger charge is 2.28. The molecule has 7 heteroatoms. The van der Waals surface area contributed by atoms with Crippen LogP contribution < -0.4 is 10.2 Å². The van der Waals surface area contributed by atoms with E-state index >= 15 is 0 Å². The molecule has 37 heavy (non-hydrogen) atoms. The first-order chi connectivity index (χ1) is 17.9. The fourth-order valence-corrected chi connectivity index (χ4v) is 5.58. The summed E-state index contributed by atoms with van der Waals surface area (Å²) in [5, 5.41) is 9.98. The van der Waals surface area contributed by atoms with Crippen molar-refractivity contribution >= 4 is 22.9 Å². The SMILES string of the molecule is COc1ccc2c(CCN(Cc3cc(C)[nH]c3C)C3CCc4cc(C=CC(=O)NO)ccc43)c[nH]c2c1. The van der Waals surface area contributed by atoms with Gasteiger partial charge in [0, 0.05) is 59.8 Å². The first-order valence-corrected chi connectivity index (χ1v) is 12.7. The van der Waals surface area contributed by atoms with Gasteiger partial charge in [0.15, 0.2) is 0 Å². The zero-order valence-corrected chi connectivity index (χ0v) is 21.6. The van der Waals surface area contributed by atoms with Gasteiger partial charge in [0.1, 0.15) is 5.75 Å². The molecule has 2 aromatic heterocycles. The number of amides is 1. The molecule has 0 radical (unpaired) electrons. The molecular formula is C30H34N4O3. The van der Waals surface area contributed by atoms with Gasteiger partial charge in [0.2, 0.25) is 0 Å². The van der Waals surface area contributed by atoms with Gasteiger partial charge in [-0.3, -0.25) is 14.9 Å². The van der Waals surface area contributed by atoms with E-state index < -0.39 is 5.91 Å². The second-order valence-electron chi connectivity index (χ2n) is 9.87. The molecule has 4 N–H and O–H groups in total. The van der Waals surface area contributed by atoms with Gasteiger partial charge in [-0.1, -0.05) is 18.2 Å². The number of aryl methyl sites for hydroxylation is 3. The molecule has 2 aromatic carbocycles. The zero-order chi connectivity index (χ0) is 25.9. The number of carbonyl (C=O) groups excluding carboxylic acids is 1. The normalized spacial score (nSPS) is 15.1. The second-order valence-corrected chi connectivity index (χ2v) is 9.87. The summed E-state index contributed by atoms with van der Waals surface area (Å²) in [6.45, 7) is 6.08. The van der Waals surface area contributed by atoms with E-state index in [1.165, 1.54) is 45.1 Å². The molecule has 0 fully saturated rings. The molecule has 1 aliphatic carbocycles. The monoisotopic (exact) mass is 498 g/mol. The number of aromatic amines is 2. The average molecular weight is 499 g/mol. The van der Waals surface area contributed by atoms with Crippen LogP contribution in [0.3, 0.4) is 0 Å². The fraction of sp³-hybridized carbons (Fsp3) is 0.300. The average Bonchev–Trinajstić information content (AvgIpc) is 3.60. The molecule has 0 spiro atoms. The van der Waals surface area contributed by atoms with Crippen molar-refractivity contribution in [1.82, 2.24) is 20.3 Å². The number of carbonyl (C=O) groups is 1. The molecule has 7 nitrogen and oxygen atoms in total. The van der Waals surface area contributed by atoms with Crippen LogP contribution in [0.5, 0.6) is 5.75 Å². The van der Waals surface area contributed by atoms with E-state index in [1.54, 1.807) is 18.7 Å². The number of nitrogens with one attached hydrogen (secondary N) is 3. The number of hydroxylamine groups is 1. The summed E-state index contributed by atoms with van der Waals surface area (Å²) in [4.78, 5) is 20.9. The van der Waals surface area contributed by atoms with Gasteiger partial charge >= 0.3 is 0 Å². The summed E-state index contributed by atoms with van der Waals surface area (Å²) in [7, 11) is 1.69. The maximum absolute atomic E-state index is 11.4. The minimum absolute atomic E-state index is 0.327. The Hall–Kier alpha value is -3.81. The van der Waals surface area contributed by atoms with E-state index in [0.29, 0.717) is 6.04 Å². The summed E-state index contributed by atoms with van der Waals surface area (Å²) in [6.07, 6.45) is 8.20. The fourth-order valence-electron chi connectivity index (χ4n) is 5.58. The standard InChI is InChI=1S/C30H34N4O3/c1-19-14-24(20(2)32-19)18-34(13-12-23-17-31-28-16-25(37-3)7-9-26(23)28)29-10-6-22-15-21(4-8-27(22)29)5-11-30(35)33-36/h4-5,7-9,11,14-17,29,31-32,36H,6,10,12-13,18H2,1-3H3,(H,33,35). The van der Waals surface area contributed by atoms with Crippen LogP contribution in [0, 0.1) is 13.8 Å². The Morgan fingerprint density at radius 1 is 1.19 bits per heavy atom. The van der Waals surface area contributed by atoms with Crippen LogP contribution >= 0.6 is 0 Å². The van der Waals surface area contributed by atoms with Gasteiger partial charge < -0.3 is 14.7 Å². The number of rotatable bonds is 9. The van der Waals surface area contributed by atoms with E-state index in [2.05, 4.69) is 65.2 Å². The molecule has 0 saturated heterocycles.